The van der Waals surface area contributed by atoms with Gasteiger partial charge in [-0.15, -0.1) is 0 Å². The van der Waals surface area contributed by atoms with Crippen LogP contribution in [0.25, 0.3) is 0 Å². The van der Waals surface area contributed by atoms with E-state index in [0.717, 1.165) is 37.9 Å². The fourth-order valence-electron chi connectivity index (χ4n) is 4.13. The zero-order chi connectivity index (χ0) is 22.9. The molecule has 5 heteroatoms. The summed E-state index contributed by atoms with van der Waals surface area (Å²) in [5.74, 6) is 0.318. The van der Waals surface area contributed by atoms with Gasteiger partial charge in [0.15, 0.2) is 0 Å². The monoisotopic (exact) mass is 442 g/mol. The summed E-state index contributed by atoms with van der Waals surface area (Å²) in [6, 6.07) is 24.6. The van der Waals surface area contributed by atoms with E-state index in [1.54, 1.807) is 36.4 Å². The topological polar surface area (TPSA) is 67.4 Å². The normalized spacial score (nSPS) is 13.8. The summed E-state index contributed by atoms with van der Waals surface area (Å²) in [7, 11) is 0. The molecule has 33 heavy (non-hydrogen) atoms. The van der Waals surface area contributed by atoms with Gasteiger partial charge >= 0.3 is 0 Å². The Balaban J connectivity index is 1.33. The van der Waals surface area contributed by atoms with Gasteiger partial charge in [-0.1, -0.05) is 61.7 Å². The highest BCUT2D eigenvalue weighted by Crippen LogP contribution is 2.21. The second kappa shape index (κ2) is 11.3. The van der Waals surface area contributed by atoms with Crippen molar-refractivity contribution in [3.05, 3.63) is 95.6 Å². The van der Waals surface area contributed by atoms with Gasteiger partial charge < -0.3 is 15.4 Å². The molecule has 1 fully saturated rings. The van der Waals surface area contributed by atoms with Crippen molar-refractivity contribution in [3.8, 4) is 5.75 Å². The minimum absolute atomic E-state index is 0.139. The van der Waals surface area contributed by atoms with Crippen molar-refractivity contribution in [1.29, 1.82) is 0 Å². The number of ether oxygens (including phenoxy) is 1. The zero-order valence-electron chi connectivity index (χ0n) is 18.8. The molecule has 0 saturated heterocycles. The van der Waals surface area contributed by atoms with Crippen LogP contribution in [0.4, 0.5) is 5.69 Å². The number of anilines is 1. The van der Waals surface area contributed by atoms with E-state index in [2.05, 4.69) is 22.8 Å². The smallest absolute Gasteiger partial charge is 0.255 e. The van der Waals surface area contributed by atoms with E-state index >= 15 is 0 Å². The predicted molar refractivity (Wildman–Crippen MR) is 131 cm³/mol. The molecule has 2 amide bonds. The summed E-state index contributed by atoms with van der Waals surface area (Å²) in [5.41, 5.74) is 2.73. The molecule has 0 radical (unpaired) electrons. The largest absolute Gasteiger partial charge is 0.493 e. The van der Waals surface area contributed by atoms with E-state index in [9.17, 15) is 9.59 Å². The molecule has 1 saturated carbocycles. The second-order valence-electron chi connectivity index (χ2n) is 8.42. The Morgan fingerprint density at radius 2 is 1.48 bits per heavy atom. The number of hydrogen-bond acceptors (Lipinski definition) is 3. The lowest BCUT2D eigenvalue weighted by molar-refractivity contribution is 0.0928. The van der Waals surface area contributed by atoms with Crippen molar-refractivity contribution in [1.82, 2.24) is 5.32 Å². The van der Waals surface area contributed by atoms with Crippen LogP contribution in [0, 0.1) is 0 Å². The maximum absolute atomic E-state index is 12.8. The molecule has 0 unspecified atom stereocenters. The van der Waals surface area contributed by atoms with Gasteiger partial charge in [0.05, 0.1) is 17.9 Å². The molecule has 0 atom stereocenters. The number of nitrogens with one attached hydrogen (secondary N) is 2. The van der Waals surface area contributed by atoms with Gasteiger partial charge in [0.25, 0.3) is 11.8 Å². The van der Waals surface area contributed by atoms with Crippen LogP contribution in [0.3, 0.4) is 0 Å². The molecule has 3 aromatic carbocycles. The van der Waals surface area contributed by atoms with Gasteiger partial charge in [-0.2, -0.15) is 0 Å². The summed E-state index contributed by atoms with van der Waals surface area (Å²) >= 11 is 0. The van der Waals surface area contributed by atoms with Crippen molar-refractivity contribution in [2.75, 3.05) is 11.9 Å². The van der Waals surface area contributed by atoms with Gasteiger partial charge in [-0.25, -0.2) is 0 Å². The Bertz CT molecular complexity index is 1060. The molecule has 0 aromatic heterocycles. The van der Waals surface area contributed by atoms with Crippen molar-refractivity contribution in [3.63, 3.8) is 0 Å². The third-order valence-electron chi connectivity index (χ3n) is 5.98. The van der Waals surface area contributed by atoms with Crippen LogP contribution in [0.5, 0.6) is 5.75 Å². The minimum Gasteiger partial charge on any atom is -0.493 e. The number of amides is 2. The van der Waals surface area contributed by atoms with E-state index < -0.39 is 0 Å². The molecule has 3 aromatic rings. The van der Waals surface area contributed by atoms with Gasteiger partial charge in [-0.05, 0) is 54.8 Å². The summed E-state index contributed by atoms with van der Waals surface area (Å²) in [5, 5.41) is 6.01. The zero-order valence-corrected chi connectivity index (χ0v) is 18.8. The van der Waals surface area contributed by atoms with Crippen LogP contribution >= 0.6 is 0 Å². The first-order valence-corrected chi connectivity index (χ1v) is 11.7. The molecule has 0 bridgehead atoms. The van der Waals surface area contributed by atoms with Gasteiger partial charge in [0.1, 0.15) is 5.75 Å². The quantitative estimate of drug-likeness (QED) is 0.476. The highest BCUT2D eigenvalue weighted by Gasteiger charge is 2.19. The Morgan fingerprint density at radius 1 is 0.788 bits per heavy atom. The number of benzene rings is 3. The first-order valence-electron chi connectivity index (χ1n) is 11.7. The molecule has 0 spiro atoms. The lowest BCUT2D eigenvalue weighted by atomic mass is 9.95. The lowest BCUT2D eigenvalue weighted by Crippen LogP contribution is -2.36. The molecule has 5 nitrogen and oxygen atoms in total. The van der Waals surface area contributed by atoms with E-state index in [1.165, 1.54) is 12.0 Å². The van der Waals surface area contributed by atoms with Crippen LogP contribution in [-0.4, -0.2) is 24.5 Å². The molecule has 2 N–H and O–H groups in total. The van der Waals surface area contributed by atoms with Crippen molar-refractivity contribution in [2.45, 2.75) is 44.6 Å². The highest BCUT2D eigenvalue weighted by atomic mass is 16.5. The fraction of sp³-hybridized carbons (Fsp3) is 0.286. The first kappa shape index (κ1) is 22.6. The van der Waals surface area contributed by atoms with Crippen LogP contribution in [-0.2, 0) is 6.42 Å². The molecule has 1 aliphatic rings. The summed E-state index contributed by atoms with van der Waals surface area (Å²) in [6.07, 6.45) is 6.38. The summed E-state index contributed by atoms with van der Waals surface area (Å²) in [4.78, 5) is 25.6. The number of hydrogen-bond donors (Lipinski definition) is 2. The first-order chi connectivity index (χ1) is 16.2. The van der Waals surface area contributed by atoms with Crippen molar-refractivity contribution in [2.24, 2.45) is 0 Å². The average Bonchev–Trinajstić information content (AvgIpc) is 2.86. The third kappa shape index (κ3) is 6.45. The van der Waals surface area contributed by atoms with Crippen molar-refractivity contribution >= 4 is 17.5 Å². The molecule has 170 valence electrons. The number of rotatable bonds is 8. The number of carbonyl (C=O) groups excluding carboxylic acids is 2. The number of para-hydroxylation sites is 1. The third-order valence-corrected chi connectivity index (χ3v) is 5.98. The molecular weight excluding hydrogens is 412 g/mol. The molecule has 0 heterocycles. The highest BCUT2D eigenvalue weighted by molar-refractivity contribution is 6.09. The molecule has 1 aliphatic carbocycles. The lowest BCUT2D eigenvalue weighted by Gasteiger charge is -2.23. The summed E-state index contributed by atoms with van der Waals surface area (Å²) in [6.45, 7) is 0.568. The maximum atomic E-state index is 12.8. The Kier molecular flexibility index (Phi) is 7.75. The molecule has 0 aliphatic heterocycles. The van der Waals surface area contributed by atoms with E-state index in [-0.39, 0.29) is 17.9 Å². The van der Waals surface area contributed by atoms with Crippen LogP contribution in [0.15, 0.2) is 78.9 Å². The number of carbonyl (C=O) groups is 2. The summed E-state index contributed by atoms with van der Waals surface area (Å²) < 4.78 is 5.80. The van der Waals surface area contributed by atoms with Gasteiger partial charge in [-0.3, -0.25) is 9.59 Å². The standard InChI is InChI=1S/C28H30N2O3/c31-27(22-15-17-24(18-16-22)33-20-19-21-9-3-1-4-10-21)30-26-14-8-7-13-25(26)28(32)29-23-11-5-2-6-12-23/h1,3-4,7-10,13-18,23H,2,5-6,11-12,19-20H2,(H,29,32)(H,30,31). The molecule has 4 rings (SSSR count). The molecular formula is C28H30N2O3. The van der Waals surface area contributed by atoms with E-state index in [4.69, 9.17) is 4.74 Å². The van der Waals surface area contributed by atoms with Gasteiger partial charge in [0.2, 0.25) is 0 Å². The van der Waals surface area contributed by atoms with Gasteiger partial charge in [0, 0.05) is 18.0 Å². The SMILES string of the molecule is O=C(Nc1ccccc1C(=O)NC1CCCCC1)c1ccc(OCCc2ccccc2)cc1. The van der Waals surface area contributed by atoms with Crippen LogP contribution < -0.4 is 15.4 Å². The van der Waals surface area contributed by atoms with Crippen LogP contribution in [0.1, 0.15) is 58.4 Å². The van der Waals surface area contributed by atoms with E-state index in [1.807, 2.05) is 30.3 Å². The van der Waals surface area contributed by atoms with Crippen LogP contribution in [0.2, 0.25) is 0 Å². The maximum Gasteiger partial charge on any atom is 0.255 e. The second-order valence-corrected chi connectivity index (χ2v) is 8.42. The minimum atomic E-state index is -0.260. The van der Waals surface area contributed by atoms with E-state index in [0.29, 0.717) is 23.4 Å². The Morgan fingerprint density at radius 3 is 2.24 bits per heavy atom. The average molecular weight is 443 g/mol. The fourth-order valence-corrected chi connectivity index (χ4v) is 4.13. The Hall–Kier alpha value is -3.60. The van der Waals surface area contributed by atoms with Crippen molar-refractivity contribution < 1.29 is 14.3 Å². The predicted octanol–water partition coefficient (Wildman–Crippen LogP) is 5.62. The Labute approximate surface area is 195 Å².